The molecule has 0 amide bonds. The van der Waals surface area contributed by atoms with Crippen LogP contribution in [0.1, 0.15) is 56.4 Å². The van der Waals surface area contributed by atoms with Crippen LogP contribution in [0.5, 0.6) is 0 Å². The Morgan fingerprint density at radius 2 is 2.18 bits per heavy atom. The summed E-state index contributed by atoms with van der Waals surface area (Å²) in [6.45, 7) is 4.23. The molecule has 4 nitrogen and oxygen atoms in total. The molecule has 17 heavy (non-hydrogen) atoms. The van der Waals surface area contributed by atoms with Gasteiger partial charge in [-0.2, -0.15) is 0 Å². The molecule has 4 heteroatoms. The molecule has 1 heterocycles. The molecule has 0 radical (unpaired) electrons. The quantitative estimate of drug-likeness (QED) is 0.683. The van der Waals surface area contributed by atoms with Gasteiger partial charge in [-0.3, -0.25) is 0 Å². The van der Waals surface area contributed by atoms with Crippen molar-refractivity contribution in [2.75, 3.05) is 0 Å². The predicted molar refractivity (Wildman–Crippen MR) is 65.7 cm³/mol. The maximum atomic E-state index is 11.8. The number of carbonyl (C=O) groups is 1. The Hall–Kier alpha value is -1.45. The molecular weight excluding hydrogens is 216 g/mol. The summed E-state index contributed by atoms with van der Waals surface area (Å²) in [6.07, 6.45) is 7.99. The molecule has 0 saturated heterocycles. The van der Waals surface area contributed by atoms with E-state index < -0.39 is 0 Å². The predicted octanol–water partition coefficient (Wildman–Crippen LogP) is 2.99. The van der Waals surface area contributed by atoms with Gasteiger partial charge in [0.05, 0.1) is 0 Å². The van der Waals surface area contributed by atoms with Gasteiger partial charge >= 0.3 is 5.97 Å². The lowest BCUT2D eigenvalue weighted by Gasteiger charge is -2.16. The van der Waals surface area contributed by atoms with Gasteiger partial charge in [-0.15, -0.1) is 0 Å². The zero-order valence-corrected chi connectivity index (χ0v) is 10.6. The molecule has 1 unspecified atom stereocenters. The van der Waals surface area contributed by atoms with Crippen LogP contribution in [0.2, 0.25) is 0 Å². The van der Waals surface area contributed by atoms with Crippen LogP contribution in [0, 0.1) is 0 Å². The lowest BCUT2D eigenvalue weighted by molar-refractivity contribution is 0.0247. The number of nitrogens with zero attached hydrogens (tertiary/aromatic N) is 2. The van der Waals surface area contributed by atoms with Gasteiger partial charge in [0.15, 0.2) is 5.69 Å². The van der Waals surface area contributed by atoms with E-state index in [1.54, 1.807) is 12.3 Å². The number of ether oxygens (including phenoxy) is 1. The second kappa shape index (κ2) is 7.76. The van der Waals surface area contributed by atoms with E-state index in [2.05, 4.69) is 23.8 Å². The first-order valence-electron chi connectivity index (χ1n) is 6.24. The van der Waals surface area contributed by atoms with Crippen molar-refractivity contribution in [1.29, 1.82) is 0 Å². The van der Waals surface area contributed by atoms with Crippen molar-refractivity contribution in [3.05, 3.63) is 24.3 Å². The third-order valence-corrected chi connectivity index (χ3v) is 2.56. The number of unbranched alkanes of at least 4 members (excludes halogenated alkanes) is 1. The topological polar surface area (TPSA) is 52.1 Å². The minimum absolute atomic E-state index is 0.0161. The summed E-state index contributed by atoms with van der Waals surface area (Å²) in [7, 11) is 0. The van der Waals surface area contributed by atoms with E-state index >= 15 is 0 Å². The second-order valence-corrected chi connectivity index (χ2v) is 4.05. The van der Waals surface area contributed by atoms with Crippen molar-refractivity contribution in [3.63, 3.8) is 0 Å². The third kappa shape index (κ3) is 4.93. The Bertz CT molecular complexity index is 327. The van der Waals surface area contributed by atoms with Crippen molar-refractivity contribution in [1.82, 2.24) is 9.97 Å². The minimum Gasteiger partial charge on any atom is -0.458 e. The molecule has 0 aliphatic rings. The number of carbonyl (C=O) groups excluding carboxylic acids is 1. The van der Waals surface area contributed by atoms with Crippen molar-refractivity contribution >= 4 is 5.97 Å². The smallest absolute Gasteiger partial charge is 0.357 e. The first-order valence-corrected chi connectivity index (χ1v) is 6.24. The van der Waals surface area contributed by atoms with Crippen molar-refractivity contribution in [2.24, 2.45) is 0 Å². The van der Waals surface area contributed by atoms with E-state index in [1.807, 2.05) is 0 Å². The molecule has 0 spiro atoms. The van der Waals surface area contributed by atoms with Crippen LogP contribution in [-0.2, 0) is 4.74 Å². The van der Waals surface area contributed by atoms with Crippen LogP contribution in [0.15, 0.2) is 18.6 Å². The monoisotopic (exact) mass is 236 g/mol. The molecular formula is C13H20N2O2. The van der Waals surface area contributed by atoms with Crippen molar-refractivity contribution in [2.45, 2.75) is 52.1 Å². The summed E-state index contributed by atoms with van der Waals surface area (Å²) >= 11 is 0. The SMILES string of the molecule is CCCCC(CCC)OC(=O)c1ccncn1. The lowest BCUT2D eigenvalue weighted by Crippen LogP contribution is -2.19. The van der Waals surface area contributed by atoms with Crippen LogP contribution >= 0.6 is 0 Å². The molecule has 0 aliphatic heterocycles. The Balaban J connectivity index is 2.51. The van der Waals surface area contributed by atoms with Crippen LogP contribution in [0.3, 0.4) is 0 Å². The minimum atomic E-state index is -0.345. The molecule has 1 aromatic rings. The first-order chi connectivity index (χ1) is 8.27. The molecule has 0 fully saturated rings. The highest BCUT2D eigenvalue weighted by atomic mass is 16.5. The van der Waals surface area contributed by atoms with Gasteiger partial charge in [0, 0.05) is 6.20 Å². The fraction of sp³-hybridized carbons (Fsp3) is 0.615. The average Bonchev–Trinajstić information content (AvgIpc) is 2.37. The maximum absolute atomic E-state index is 11.8. The molecule has 1 aromatic heterocycles. The van der Waals surface area contributed by atoms with E-state index in [9.17, 15) is 4.79 Å². The van der Waals surface area contributed by atoms with Crippen LogP contribution in [-0.4, -0.2) is 22.0 Å². The van der Waals surface area contributed by atoms with Crippen molar-refractivity contribution in [3.8, 4) is 0 Å². The van der Waals surface area contributed by atoms with E-state index in [-0.39, 0.29) is 12.1 Å². The fourth-order valence-corrected chi connectivity index (χ4v) is 1.64. The number of hydrogen-bond donors (Lipinski definition) is 0. The van der Waals surface area contributed by atoms with Gasteiger partial charge in [-0.05, 0) is 18.9 Å². The molecule has 94 valence electrons. The van der Waals surface area contributed by atoms with Crippen LogP contribution < -0.4 is 0 Å². The highest BCUT2D eigenvalue weighted by molar-refractivity contribution is 5.87. The second-order valence-electron chi connectivity index (χ2n) is 4.05. The fourth-order valence-electron chi connectivity index (χ4n) is 1.64. The summed E-state index contributed by atoms with van der Waals surface area (Å²) in [5.41, 5.74) is 0.331. The first kappa shape index (κ1) is 13.6. The third-order valence-electron chi connectivity index (χ3n) is 2.56. The number of aromatic nitrogens is 2. The van der Waals surface area contributed by atoms with E-state index in [0.717, 1.165) is 32.1 Å². The molecule has 0 saturated carbocycles. The number of rotatable bonds is 7. The highest BCUT2D eigenvalue weighted by Crippen LogP contribution is 2.12. The summed E-state index contributed by atoms with van der Waals surface area (Å²) < 4.78 is 5.45. The normalized spacial score (nSPS) is 12.1. The molecule has 1 atom stereocenters. The number of esters is 1. The highest BCUT2D eigenvalue weighted by Gasteiger charge is 2.15. The van der Waals surface area contributed by atoms with E-state index in [4.69, 9.17) is 4.74 Å². The molecule has 0 aliphatic carbocycles. The summed E-state index contributed by atoms with van der Waals surface area (Å²) in [5, 5.41) is 0. The van der Waals surface area contributed by atoms with Gasteiger partial charge in [-0.1, -0.05) is 33.1 Å². The zero-order chi connectivity index (χ0) is 12.5. The Morgan fingerprint density at radius 1 is 1.35 bits per heavy atom. The van der Waals surface area contributed by atoms with E-state index in [1.165, 1.54) is 6.33 Å². The molecule has 1 rings (SSSR count). The van der Waals surface area contributed by atoms with Crippen LogP contribution in [0.25, 0.3) is 0 Å². The Morgan fingerprint density at radius 3 is 2.76 bits per heavy atom. The zero-order valence-electron chi connectivity index (χ0n) is 10.6. The van der Waals surface area contributed by atoms with Gasteiger partial charge in [0.2, 0.25) is 0 Å². The molecule has 0 N–H and O–H groups in total. The van der Waals surface area contributed by atoms with Gasteiger partial charge in [0.1, 0.15) is 12.4 Å². The van der Waals surface area contributed by atoms with E-state index in [0.29, 0.717) is 5.69 Å². The summed E-state index contributed by atoms with van der Waals surface area (Å²) in [4.78, 5) is 19.4. The Kier molecular flexibility index (Phi) is 6.22. The van der Waals surface area contributed by atoms with Crippen LogP contribution in [0.4, 0.5) is 0 Å². The lowest BCUT2D eigenvalue weighted by atomic mass is 10.1. The summed E-state index contributed by atoms with van der Waals surface area (Å²) in [6, 6.07) is 1.57. The number of hydrogen-bond acceptors (Lipinski definition) is 4. The maximum Gasteiger partial charge on any atom is 0.357 e. The Labute approximate surface area is 102 Å². The standard InChI is InChI=1S/C13H20N2O2/c1-3-5-7-11(6-4-2)17-13(16)12-8-9-14-10-15-12/h8-11H,3-7H2,1-2H3. The largest absolute Gasteiger partial charge is 0.458 e. The van der Waals surface area contributed by atoms with Crippen molar-refractivity contribution < 1.29 is 9.53 Å². The average molecular weight is 236 g/mol. The van der Waals surface area contributed by atoms with Gasteiger partial charge in [0.25, 0.3) is 0 Å². The summed E-state index contributed by atoms with van der Waals surface area (Å²) in [5.74, 6) is -0.345. The van der Waals surface area contributed by atoms with Gasteiger partial charge < -0.3 is 4.74 Å². The molecule has 0 aromatic carbocycles. The van der Waals surface area contributed by atoms with Gasteiger partial charge in [-0.25, -0.2) is 14.8 Å². The molecule has 0 bridgehead atoms.